The highest BCUT2D eigenvalue weighted by atomic mass is 32.2. The number of hydrogen-bond donors (Lipinski definition) is 9. The molecule has 806 valence electrons. The first kappa shape index (κ1) is 127. The van der Waals surface area contributed by atoms with E-state index in [-0.39, 0.29) is 125 Å². The Morgan fingerprint density at radius 2 is 0.578 bits per heavy atom. The van der Waals surface area contributed by atoms with Gasteiger partial charge in [0, 0.05) is 64.5 Å². The maximum atomic E-state index is 12.1. The topological polar surface area (TPSA) is 215 Å². The number of carbonyl (C=O) groups is 1. The quantitative estimate of drug-likeness (QED) is 0.0289. The molecule has 0 saturated heterocycles. The fourth-order valence-corrected chi connectivity index (χ4v) is 16.8. The molecule has 147 heavy (non-hydrogen) atoms. The number of aromatic amines is 1. The second kappa shape index (κ2) is 52.1. The largest absolute Gasteiger partial charge is 0.467 e. The van der Waals surface area contributed by atoms with E-state index in [4.69, 9.17) is 4.42 Å². The summed E-state index contributed by atoms with van der Waals surface area (Å²) in [4.78, 5) is 16.6. The maximum Gasteiger partial charge on any atom is 0.241 e. The lowest BCUT2D eigenvalue weighted by atomic mass is 9.85. The van der Waals surface area contributed by atoms with Crippen molar-refractivity contribution in [2.24, 2.45) is 0 Å². The smallest absolute Gasteiger partial charge is 0.241 e. The summed E-state index contributed by atoms with van der Waals surface area (Å²) in [6.07, 6.45) is 10.4. The van der Waals surface area contributed by atoms with Crippen molar-refractivity contribution >= 4 is 15.7 Å². The first-order valence-corrected chi connectivity index (χ1v) is 54.6. The fourth-order valence-electron chi connectivity index (χ4n) is 16.2. The van der Waals surface area contributed by atoms with Gasteiger partial charge in [-0.15, -0.1) is 6.58 Å². The lowest BCUT2D eigenvalue weighted by molar-refractivity contribution is -0.123. The molecule has 3 heterocycles. The predicted molar refractivity (Wildman–Crippen MR) is 630 cm³/mol. The Hall–Kier alpha value is -10.1. The first-order chi connectivity index (χ1) is 67.0. The Bertz CT molecular complexity index is 5740. The Balaban J connectivity index is 0.000000302. The van der Waals surface area contributed by atoms with E-state index in [0.29, 0.717) is 4.90 Å². The molecule has 11 rings (SSSR count). The molecule has 7 atom stereocenters. The van der Waals surface area contributed by atoms with Gasteiger partial charge in [0.25, 0.3) is 0 Å². The normalized spacial score (nSPS) is 14.2. The number of pyridine rings is 1. The van der Waals surface area contributed by atoms with Crippen molar-refractivity contribution in [2.45, 2.75) is 422 Å². The molecular formula is C130H196N12O4S. The lowest BCUT2D eigenvalue weighted by Gasteiger charge is -2.30. The highest BCUT2D eigenvalue weighted by Crippen LogP contribution is 2.37. The van der Waals surface area contributed by atoms with Gasteiger partial charge in [-0.3, -0.25) is 20.4 Å². The number of benzene rings is 8. The minimum absolute atomic E-state index is 0.00220. The molecule has 3 aromatic heterocycles. The lowest BCUT2D eigenvalue weighted by Crippen LogP contribution is -2.45. The zero-order valence-electron chi connectivity index (χ0n) is 99.5. The summed E-state index contributed by atoms with van der Waals surface area (Å²) in [5, 5.41) is 38.8. The third-order valence-electron chi connectivity index (χ3n) is 24.3. The molecule has 11 aromatic rings. The van der Waals surface area contributed by atoms with Crippen LogP contribution in [-0.2, 0) is 52.5 Å². The molecule has 0 saturated carbocycles. The SMILES string of the molecule is C=C(C)C(NC(C)(C)C)c1ccc(C(C)(C)C)cc1.C=CC(NC(C)(C)C)c1ccc(C(C)(C)C)cc1.CC(C)(C)NC(c1ccc(C(C)(C)C)cc1)c1ccc(S(C)(=O)=O)cc1.CC(C)(C)NC(c1ccc(C(C)(C)C)cc1)c1ccco1.CC(C)(C)NC(c1ccc(C(C)(C)C)cc1)c1cn[nH]n1.CC(C)(C)NC(c1ccncc1)c1ccc(C(C)(C)C)cc1.CNC(=O)C(NC(C)(C)C)c1ccc(C(C)(C)C)cc1. The van der Waals surface area contributed by atoms with E-state index in [1.54, 1.807) is 31.6 Å². The second-order valence-electron chi connectivity index (χ2n) is 54.2. The van der Waals surface area contributed by atoms with Gasteiger partial charge in [0.15, 0.2) is 9.84 Å². The molecule has 8 aromatic carbocycles. The maximum absolute atomic E-state index is 12.1. The van der Waals surface area contributed by atoms with Gasteiger partial charge in [0.1, 0.15) is 17.5 Å². The number of carbonyl (C=O) groups excluding carboxylic acids is 1. The zero-order valence-corrected chi connectivity index (χ0v) is 100. The van der Waals surface area contributed by atoms with Crippen LogP contribution < -0.4 is 42.5 Å². The van der Waals surface area contributed by atoms with E-state index in [1.165, 1.54) is 84.1 Å². The van der Waals surface area contributed by atoms with Crippen molar-refractivity contribution in [2.75, 3.05) is 13.3 Å². The first-order valence-electron chi connectivity index (χ1n) is 52.7. The van der Waals surface area contributed by atoms with Crippen molar-refractivity contribution in [3.8, 4) is 0 Å². The summed E-state index contributed by atoms with van der Waals surface area (Å²) in [7, 11) is -1.52. The summed E-state index contributed by atoms with van der Waals surface area (Å²) in [6, 6.07) is 77.0. The number of hydrogen-bond acceptors (Lipinski definition) is 14. The molecule has 16 nitrogen and oxygen atoms in total. The van der Waals surface area contributed by atoms with E-state index in [2.05, 4.69) is 544 Å². The molecular weight excluding hydrogens is 1830 g/mol. The van der Waals surface area contributed by atoms with Gasteiger partial charge in [0.2, 0.25) is 5.91 Å². The van der Waals surface area contributed by atoms with E-state index in [9.17, 15) is 13.2 Å². The Morgan fingerprint density at radius 3 is 0.830 bits per heavy atom. The van der Waals surface area contributed by atoms with Crippen LogP contribution in [0.3, 0.4) is 0 Å². The molecule has 7 unspecified atom stereocenters. The van der Waals surface area contributed by atoms with Crippen LogP contribution in [0.4, 0.5) is 0 Å². The number of rotatable bonds is 22. The number of aromatic nitrogens is 4. The van der Waals surface area contributed by atoms with Crippen LogP contribution in [-0.4, -0.2) is 86.8 Å². The van der Waals surface area contributed by atoms with Gasteiger partial charge in [-0.05, 0) is 316 Å². The number of sulfone groups is 1. The third kappa shape index (κ3) is 45.7. The zero-order chi connectivity index (χ0) is 112. The van der Waals surface area contributed by atoms with E-state index < -0.39 is 9.84 Å². The van der Waals surface area contributed by atoms with Gasteiger partial charge in [0.05, 0.1) is 53.6 Å². The number of amides is 1. The number of nitrogens with one attached hydrogen (secondary N) is 9. The average molecular weight is 2020 g/mol. The van der Waals surface area contributed by atoms with Crippen LogP contribution in [0.1, 0.15) is 440 Å². The van der Waals surface area contributed by atoms with Crippen LogP contribution in [0.15, 0.2) is 277 Å². The van der Waals surface area contributed by atoms with E-state index in [0.717, 1.165) is 28.2 Å². The third-order valence-corrected chi connectivity index (χ3v) is 25.5. The standard InChI is InChI=1S/C22H31NO2S.C20H28N2.C19H27NO.C18H29N.C17H26N4.C17H28N2O.C17H27N/c1-21(2,3)18-12-8-16(9-13-18)20(23-22(4,5)6)17-10-14-19(15-11-17)26(7,24)25;1-19(2,3)17-9-7-15(8-10-17)18(22-20(4,5)6)16-11-13-21-14-12-16;1-18(2,3)15-11-9-14(10-12-15)17(20-19(4,5)6)16-8-7-13-21-16;1-13(2)16(19-18(6,7)8)14-9-11-15(12-10-14)17(3,4)5;1-16(2,3)13-9-7-12(8-10-13)15(19-17(4,5)6)14-11-18-21-20-14;1-16(2,3)13-10-8-12(9-11-13)14(15(20)18-7)19-17(4,5)6;1-8-15(18-17(5,6)7)13-9-11-14(12-10-13)16(2,3)4/h8-15,20,23H,1-7H3;7-14,18,22H,1-6H3;7-13,17,20H,1-6H3;9-12,16,19H,1H2,2-8H3;7-11,15,19H,1-6H3,(H,18,20,21);8-11,14,19H,1-7H3,(H,18,20);8-12,15,18H,1H2,2-7H3. The monoisotopic (exact) mass is 2020 g/mol. The molecule has 9 N–H and O–H groups in total. The number of H-pyrrole nitrogens is 1. The van der Waals surface area contributed by atoms with Gasteiger partial charge in [-0.25, -0.2) is 8.42 Å². The molecule has 1 amide bonds. The van der Waals surface area contributed by atoms with Crippen LogP contribution in [0.2, 0.25) is 0 Å². The van der Waals surface area contributed by atoms with Crippen molar-refractivity contribution in [1.82, 2.24) is 62.9 Å². The second-order valence-corrected chi connectivity index (χ2v) is 56.2. The van der Waals surface area contributed by atoms with Gasteiger partial charge < -0.3 is 36.3 Å². The summed E-state index contributed by atoms with van der Waals surface area (Å²) in [6.45, 7) is 102. The number of likely N-dealkylation sites (N-methyl/N-ethyl adjacent to an activating group) is 1. The van der Waals surface area contributed by atoms with Crippen LogP contribution >= 0.6 is 0 Å². The Labute approximate surface area is 893 Å². The molecule has 17 heteroatoms. The van der Waals surface area contributed by atoms with Crippen molar-refractivity contribution in [3.63, 3.8) is 0 Å². The Kier molecular flexibility index (Phi) is 45.2. The summed E-state index contributed by atoms with van der Waals surface area (Å²) in [5.41, 5.74) is 23.3. The highest BCUT2D eigenvalue weighted by molar-refractivity contribution is 7.90. The van der Waals surface area contributed by atoms with Crippen LogP contribution in [0.25, 0.3) is 0 Å². The molecule has 0 aliphatic carbocycles. The summed E-state index contributed by atoms with van der Waals surface area (Å²) in [5.74, 6) is 0.942. The van der Waals surface area contributed by atoms with E-state index >= 15 is 0 Å². The number of furan rings is 1. The molecule has 0 radical (unpaired) electrons. The number of nitrogens with zero attached hydrogens (tertiary/aromatic N) is 3. The van der Waals surface area contributed by atoms with E-state index in [1.807, 2.05) is 54.9 Å². The van der Waals surface area contributed by atoms with Gasteiger partial charge in [-0.2, -0.15) is 15.4 Å². The minimum Gasteiger partial charge on any atom is -0.467 e. The molecule has 0 spiro atoms. The van der Waals surface area contributed by atoms with Gasteiger partial charge in [-0.1, -0.05) is 346 Å². The van der Waals surface area contributed by atoms with Crippen LogP contribution in [0, 0.1) is 0 Å². The average Bonchev–Trinajstić information content (AvgIpc) is 1.57. The molecule has 0 aliphatic rings. The minimum atomic E-state index is -3.19. The van der Waals surface area contributed by atoms with Crippen LogP contribution in [0.5, 0.6) is 0 Å². The molecule has 0 aliphatic heterocycles. The molecule has 0 fully saturated rings. The summed E-state index contributed by atoms with van der Waals surface area (Å²) < 4.78 is 29.1. The highest BCUT2D eigenvalue weighted by Gasteiger charge is 2.32. The molecule has 0 bridgehead atoms. The van der Waals surface area contributed by atoms with Gasteiger partial charge >= 0.3 is 0 Å². The Morgan fingerprint density at radius 1 is 0.327 bits per heavy atom. The summed E-state index contributed by atoms with van der Waals surface area (Å²) >= 11 is 0. The van der Waals surface area contributed by atoms with Crippen molar-refractivity contribution in [3.05, 3.63) is 369 Å². The van der Waals surface area contributed by atoms with Crippen molar-refractivity contribution in [1.29, 1.82) is 0 Å². The predicted octanol–water partition coefficient (Wildman–Crippen LogP) is 31.1. The fraction of sp³-hybridized carbons (Fsp3) is 0.508. The van der Waals surface area contributed by atoms with Crippen molar-refractivity contribution < 1.29 is 17.6 Å².